The highest BCUT2D eigenvalue weighted by Crippen LogP contribution is 2.19. The fourth-order valence-electron chi connectivity index (χ4n) is 2.86. The zero-order valence-corrected chi connectivity index (χ0v) is 12.2. The first-order valence-electron chi connectivity index (χ1n) is 7.62. The van der Waals surface area contributed by atoms with E-state index in [2.05, 4.69) is 35.9 Å². The molecule has 108 valence electrons. The molecule has 2 heterocycles. The minimum atomic E-state index is 0.172. The van der Waals surface area contributed by atoms with Crippen molar-refractivity contribution in [1.29, 1.82) is 0 Å². The molecule has 2 rings (SSSR count). The summed E-state index contributed by atoms with van der Waals surface area (Å²) >= 11 is 0. The van der Waals surface area contributed by atoms with E-state index in [1.807, 2.05) is 0 Å². The van der Waals surface area contributed by atoms with Crippen molar-refractivity contribution < 1.29 is 4.74 Å². The zero-order valence-electron chi connectivity index (χ0n) is 12.2. The highest BCUT2D eigenvalue weighted by atomic mass is 16.5. The highest BCUT2D eigenvalue weighted by Gasteiger charge is 2.22. The molecule has 1 aliphatic heterocycles. The van der Waals surface area contributed by atoms with E-state index in [-0.39, 0.29) is 6.04 Å². The van der Waals surface area contributed by atoms with E-state index >= 15 is 0 Å². The molecule has 0 bridgehead atoms. The van der Waals surface area contributed by atoms with Crippen LogP contribution in [-0.4, -0.2) is 29.0 Å². The molecule has 0 spiro atoms. The van der Waals surface area contributed by atoms with Gasteiger partial charge in [0.25, 0.3) is 0 Å². The Bertz CT molecular complexity index is 367. The van der Waals surface area contributed by atoms with Crippen molar-refractivity contribution in [2.24, 2.45) is 11.7 Å². The van der Waals surface area contributed by atoms with Gasteiger partial charge in [-0.2, -0.15) is 5.10 Å². The van der Waals surface area contributed by atoms with Gasteiger partial charge in [-0.1, -0.05) is 13.8 Å². The van der Waals surface area contributed by atoms with Gasteiger partial charge in [0.2, 0.25) is 0 Å². The molecule has 0 aliphatic carbocycles. The lowest BCUT2D eigenvalue weighted by atomic mass is 9.91. The van der Waals surface area contributed by atoms with Crippen LogP contribution in [0.2, 0.25) is 0 Å². The van der Waals surface area contributed by atoms with Crippen LogP contribution in [0, 0.1) is 5.92 Å². The maximum Gasteiger partial charge on any atom is 0.0640 e. The van der Waals surface area contributed by atoms with Crippen LogP contribution in [0.15, 0.2) is 12.3 Å². The van der Waals surface area contributed by atoms with Gasteiger partial charge >= 0.3 is 0 Å². The second-order valence-corrected chi connectivity index (χ2v) is 5.60. The first kappa shape index (κ1) is 14.5. The first-order chi connectivity index (χ1) is 9.24. The van der Waals surface area contributed by atoms with Crippen LogP contribution in [0.5, 0.6) is 0 Å². The van der Waals surface area contributed by atoms with Gasteiger partial charge in [0, 0.05) is 25.3 Å². The third-order valence-corrected chi connectivity index (χ3v) is 4.23. The maximum atomic E-state index is 6.30. The van der Waals surface area contributed by atoms with Crippen LogP contribution in [0.25, 0.3) is 0 Å². The summed E-state index contributed by atoms with van der Waals surface area (Å²) in [4.78, 5) is 0. The smallest absolute Gasteiger partial charge is 0.0640 e. The van der Waals surface area contributed by atoms with Crippen molar-refractivity contribution in [2.75, 3.05) is 13.2 Å². The van der Waals surface area contributed by atoms with Gasteiger partial charge in [0.05, 0.1) is 18.3 Å². The average molecular weight is 265 g/mol. The molecule has 2 unspecified atom stereocenters. The van der Waals surface area contributed by atoms with Crippen LogP contribution in [0.3, 0.4) is 0 Å². The van der Waals surface area contributed by atoms with Gasteiger partial charge in [-0.05, 0) is 37.7 Å². The summed E-state index contributed by atoms with van der Waals surface area (Å²) < 4.78 is 7.61. The Morgan fingerprint density at radius 2 is 2.26 bits per heavy atom. The van der Waals surface area contributed by atoms with E-state index in [9.17, 15) is 0 Å². The third kappa shape index (κ3) is 3.80. The fourth-order valence-corrected chi connectivity index (χ4v) is 2.86. The molecule has 2 atom stereocenters. The lowest BCUT2D eigenvalue weighted by molar-refractivity contribution is 0.0448. The van der Waals surface area contributed by atoms with Gasteiger partial charge in [-0.25, -0.2) is 0 Å². The average Bonchev–Trinajstić information content (AvgIpc) is 2.89. The second-order valence-electron chi connectivity index (χ2n) is 5.60. The lowest BCUT2D eigenvalue weighted by Gasteiger charge is -2.27. The monoisotopic (exact) mass is 265 g/mol. The number of aromatic nitrogens is 2. The van der Waals surface area contributed by atoms with Crippen molar-refractivity contribution in [1.82, 2.24) is 9.78 Å². The van der Waals surface area contributed by atoms with Crippen molar-refractivity contribution in [3.8, 4) is 0 Å². The zero-order chi connectivity index (χ0) is 13.7. The molecule has 1 aromatic heterocycles. The summed E-state index contributed by atoms with van der Waals surface area (Å²) in [6.07, 6.45) is 7.54. The highest BCUT2D eigenvalue weighted by molar-refractivity contribution is 5.03. The summed E-state index contributed by atoms with van der Waals surface area (Å²) in [5.41, 5.74) is 7.42. The molecule has 19 heavy (non-hydrogen) atoms. The van der Waals surface area contributed by atoms with Crippen LogP contribution in [0.4, 0.5) is 0 Å². The van der Waals surface area contributed by atoms with Gasteiger partial charge in [-0.3, -0.25) is 4.68 Å². The van der Waals surface area contributed by atoms with Crippen molar-refractivity contribution in [3.63, 3.8) is 0 Å². The number of rotatable bonds is 6. The van der Waals surface area contributed by atoms with Crippen molar-refractivity contribution >= 4 is 0 Å². The number of nitrogens with zero attached hydrogens (tertiary/aromatic N) is 2. The second kappa shape index (κ2) is 7.06. The minimum Gasteiger partial charge on any atom is -0.381 e. The predicted molar refractivity (Wildman–Crippen MR) is 77.1 cm³/mol. The molecular weight excluding hydrogens is 238 g/mol. The summed E-state index contributed by atoms with van der Waals surface area (Å²) in [5, 5.41) is 4.68. The molecule has 4 heteroatoms. The van der Waals surface area contributed by atoms with Gasteiger partial charge in [0.15, 0.2) is 0 Å². The number of hydrogen-bond acceptors (Lipinski definition) is 3. The van der Waals surface area contributed by atoms with Gasteiger partial charge < -0.3 is 10.5 Å². The van der Waals surface area contributed by atoms with Crippen LogP contribution in [-0.2, 0) is 11.2 Å². The fraction of sp³-hybridized carbons (Fsp3) is 0.800. The Balaban J connectivity index is 1.91. The SMILES string of the molecule is CCC(CC)n1ccc(CC(N)C2CCCOC2)n1. The molecular formula is C15H27N3O. The molecule has 0 saturated carbocycles. The summed E-state index contributed by atoms with van der Waals surface area (Å²) in [5.74, 6) is 0.493. The van der Waals surface area contributed by atoms with Gasteiger partial charge in [0.1, 0.15) is 0 Å². The summed E-state index contributed by atoms with van der Waals surface area (Å²) in [6.45, 7) is 6.13. The molecule has 1 fully saturated rings. The van der Waals surface area contributed by atoms with Crippen LogP contribution >= 0.6 is 0 Å². The van der Waals surface area contributed by atoms with E-state index in [4.69, 9.17) is 10.5 Å². The molecule has 2 N–H and O–H groups in total. The van der Waals surface area contributed by atoms with E-state index in [1.54, 1.807) is 0 Å². The van der Waals surface area contributed by atoms with Crippen LogP contribution in [0.1, 0.15) is 51.3 Å². The Kier molecular flexibility index (Phi) is 5.40. The normalized spacial score (nSPS) is 21.8. The van der Waals surface area contributed by atoms with E-state index in [0.29, 0.717) is 12.0 Å². The largest absolute Gasteiger partial charge is 0.381 e. The van der Waals surface area contributed by atoms with E-state index < -0.39 is 0 Å². The van der Waals surface area contributed by atoms with E-state index in [1.165, 1.54) is 6.42 Å². The maximum absolute atomic E-state index is 6.30. The Morgan fingerprint density at radius 1 is 1.47 bits per heavy atom. The standard InChI is InChI=1S/C15H27N3O/c1-3-14(4-2)18-8-7-13(17-18)10-15(16)12-6-5-9-19-11-12/h7-8,12,14-15H,3-6,9-11,16H2,1-2H3. The summed E-state index contributed by atoms with van der Waals surface area (Å²) in [7, 11) is 0. The Labute approximate surface area is 116 Å². The number of nitrogens with two attached hydrogens (primary N) is 1. The van der Waals surface area contributed by atoms with Crippen molar-refractivity contribution in [2.45, 2.75) is 58.0 Å². The lowest BCUT2D eigenvalue weighted by Crippen LogP contribution is -2.37. The molecule has 0 aromatic carbocycles. The van der Waals surface area contributed by atoms with Crippen molar-refractivity contribution in [3.05, 3.63) is 18.0 Å². The molecule has 0 radical (unpaired) electrons. The Hall–Kier alpha value is -0.870. The first-order valence-corrected chi connectivity index (χ1v) is 7.62. The van der Waals surface area contributed by atoms with E-state index in [0.717, 1.165) is 44.6 Å². The predicted octanol–water partition coefficient (Wildman–Crippen LogP) is 2.54. The van der Waals surface area contributed by atoms with Crippen LogP contribution < -0.4 is 5.73 Å². The molecule has 4 nitrogen and oxygen atoms in total. The quantitative estimate of drug-likeness (QED) is 0.860. The number of ether oxygens (including phenoxy) is 1. The summed E-state index contributed by atoms with van der Waals surface area (Å²) in [6, 6.07) is 2.80. The minimum absolute atomic E-state index is 0.172. The Morgan fingerprint density at radius 3 is 2.89 bits per heavy atom. The molecule has 1 saturated heterocycles. The molecule has 0 amide bonds. The van der Waals surface area contributed by atoms with Gasteiger partial charge in [-0.15, -0.1) is 0 Å². The number of hydrogen-bond donors (Lipinski definition) is 1. The third-order valence-electron chi connectivity index (χ3n) is 4.23. The topological polar surface area (TPSA) is 53.1 Å². The molecule has 1 aromatic rings. The molecule has 1 aliphatic rings.